The van der Waals surface area contributed by atoms with Crippen molar-refractivity contribution in [3.63, 3.8) is 0 Å². The van der Waals surface area contributed by atoms with E-state index < -0.39 is 17.9 Å². The first-order chi connectivity index (χ1) is 11.5. The second-order valence-electron chi connectivity index (χ2n) is 6.49. The Bertz CT molecular complexity index is 374. The van der Waals surface area contributed by atoms with Gasteiger partial charge >= 0.3 is 5.97 Å². The maximum Gasteiger partial charge on any atom is 0.336 e. The molecule has 0 saturated carbocycles. The molecule has 0 aliphatic carbocycles. The third kappa shape index (κ3) is 11.4. The summed E-state index contributed by atoms with van der Waals surface area (Å²) in [5.74, 6) is -1.06. The van der Waals surface area contributed by atoms with Gasteiger partial charge in [-0.2, -0.15) is 0 Å². The second kappa shape index (κ2) is 15.4. The number of rotatable bonds is 15. The van der Waals surface area contributed by atoms with E-state index in [0.717, 1.165) is 12.8 Å². The zero-order valence-corrected chi connectivity index (χ0v) is 15.8. The SMILES string of the molecule is CCCCCCCCCCCCC/C=C(\C(=O)OC)[C@@H](O)C(C)=O. The predicted octanol–water partition coefficient (Wildman–Crippen LogP) is 4.74. The summed E-state index contributed by atoms with van der Waals surface area (Å²) in [6, 6.07) is 0. The minimum absolute atomic E-state index is 0.0667. The number of unbranched alkanes of at least 4 members (excludes halogenated alkanes) is 11. The Balaban J connectivity index is 3.77. The van der Waals surface area contributed by atoms with Crippen LogP contribution in [0.1, 0.15) is 90.9 Å². The molecule has 140 valence electrons. The first-order valence-electron chi connectivity index (χ1n) is 9.51. The highest BCUT2D eigenvalue weighted by atomic mass is 16.5. The molecule has 0 aromatic rings. The fraction of sp³-hybridized carbons (Fsp3) is 0.800. The van der Waals surface area contributed by atoms with Gasteiger partial charge in [-0.05, 0) is 19.8 Å². The molecular formula is C20H36O4. The maximum atomic E-state index is 11.6. The average Bonchev–Trinajstić information content (AvgIpc) is 2.57. The van der Waals surface area contributed by atoms with E-state index in [9.17, 15) is 14.7 Å². The molecule has 0 radical (unpaired) electrons. The summed E-state index contributed by atoms with van der Waals surface area (Å²) in [6.45, 7) is 3.51. The van der Waals surface area contributed by atoms with Crippen LogP contribution in [0.3, 0.4) is 0 Å². The lowest BCUT2D eigenvalue weighted by Crippen LogP contribution is -2.25. The summed E-state index contributed by atoms with van der Waals surface area (Å²) < 4.78 is 4.62. The third-order valence-electron chi connectivity index (χ3n) is 4.27. The topological polar surface area (TPSA) is 63.6 Å². The number of methoxy groups -OCH3 is 1. The van der Waals surface area contributed by atoms with E-state index in [-0.39, 0.29) is 5.57 Å². The molecule has 1 atom stereocenters. The van der Waals surface area contributed by atoms with Crippen molar-refractivity contribution in [1.82, 2.24) is 0 Å². The van der Waals surface area contributed by atoms with E-state index in [1.807, 2.05) is 0 Å². The first kappa shape index (κ1) is 22.8. The molecule has 0 unspecified atom stereocenters. The molecule has 0 aliphatic heterocycles. The van der Waals surface area contributed by atoms with Gasteiger partial charge in [0.05, 0.1) is 12.7 Å². The van der Waals surface area contributed by atoms with E-state index >= 15 is 0 Å². The highest BCUT2D eigenvalue weighted by Gasteiger charge is 2.22. The van der Waals surface area contributed by atoms with Gasteiger partial charge in [-0.25, -0.2) is 4.79 Å². The number of aliphatic hydroxyl groups is 1. The fourth-order valence-corrected chi connectivity index (χ4v) is 2.71. The molecule has 0 bridgehead atoms. The van der Waals surface area contributed by atoms with Crippen molar-refractivity contribution in [2.75, 3.05) is 7.11 Å². The highest BCUT2D eigenvalue weighted by Crippen LogP contribution is 2.14. The van der Waals surface area contributed by atoms with Crippen LogP contribution in [0.2, 0.25) is 0 Å². The molecule has 1 N–H and O–H groups in total. The highest BCUT2D eigenvalue weighted by molar-refractivity contribution is 5.98. The lowest BCUT2D eigenvalue weighted by atomic mass is 10.0. The van der Waals surface area contributed by atoms with Crippen LogP contribution in [0.5, 0.6) is 0 Å². The van der Waals surface area contributed by atoms with E-state index in [4.69, 9.17) is 0 Å². The van der Waals surface area contributed by atoms with Crippen molar-refractivity contribution in [3.8, 4) is 0 Å². The van der Waals surface area contributed by atoms with Crippen LogP contribution in [0.4, 0.5) is 0 Å². The Morgan fingerprint density at radius 3 is 1.79 bits per heavy atom. The Hall–Kier alpha value is -1.16. The number of esters is 1. The van der Waals surface area contributed by atoms with Crippen LogP contribution in [-0.4, -0.2) is 30.1 Å². The number of carbonyl (C=O) groups is 2. The number of ketones is 1. The van der Waals surface area contributed by atoms with Crippen LogP contribution < -0.4 is 0 Å². The second-order valence-corrected chi connectivity index (χ2v) is 6.49. The molecule has 0 aromatic carbocycles. The van der Waals surface area contributed by atoms with Gasteiger partial charge in [0.25, 0.3) is 0 Å². The van der Waals surface area contributed by atoms with Crippen molar-refractivity contribution in [2.45, 2.75) is 97.0 Å². The standard InChI is InChI=1S/C20H36O4/c1-4-5-6-7-8-9-10-11-12-13-14-15-16-18(20(23)24-3)19(22)17(2)21/h16,19,22H,4-15H2,1-3H3/b18-16-/t19-/m0/s1. The summed E-state index contributed by atoms with van der Waals surface area (Å²) >= 11 is 0. The third-order valence-corrected chi connectivity index (χ3v) is 4.27. The molecule has 0 rings (SSSR count). The number of carbonyl (C=O) groups excluding carboxylic acids is 2. The number of ether oxygens (including phenoxy) is 1. The van der Waals surface area contributed by atoms with Crippen LogP contribution in [-0.2, 0) is 14.3 Å². The summed E-state index contributed by atoms with van der Waals surface area (Å²) in [6.07, 6.45) is 14.9. The van der Waals surface area contributed by atoms with Gasteiger partial charge in [-0.1, -0.05) is 77.2 Å². The molecule has 4 heteroatoms. The van der Waals surface area contributed by atoms with Crippen LogP contribution in [0.25, 0.3) is 0 Å². The monoisotopic (exact) mass is 340 g/mol. The zero-order chi connectivity index (χ0) is 18.2. The summed E-state index contributed by atoms with van der Waals surface area (Å²) in [4.78, 5) is 22.8. The lowest BCUT2D eigenvalue weighted by Gasteiger charge is -2.10. The van der Waals surface area contributed by atoms with Crippen LogP contribution >= 0.6 is 0 Å². The summed E-state index contributed by atoms with van der Waals surface area (Å²) in [5, 5.41) is 9.75. The minimum atomic E-state index is -1.37. The number of hydrogen-bond acceptors (Lipinski definition) is 4. The predicted molar refractivity (Wildman–Crippen MR) is 97.9 cm³/mol. The van der Waals surface area contributed by atoms with Crippen LogP contribution in [0, 0.1) is 0 Å². The normalized spacial score (nSPS) is 12.9. The molecule has 0 saturated heterocycles. The van der Waals surface area contributed by atoms with Gasteiger partial charge in [0.2, 0.25) is 0 Å². The van der Waals surface area contributed by atoms with Crippen molar-refractivity contribution < 1.29 is 19.4 Å². The van der Waals surface area contributed by atoms with Gasteiger partial charge in [0.15, 0.2) is 5.78 Å². The van der Waals surface area contributed by atoms with Gasteiger partial charge in [0, 0.05) is 0 Å². The van der Waals surface area contributed by atoms with Crippen molar-refractivity contribution in [1.29, 1.82) is 0 Å². The van der Waals surface area contributed by atoms with E-state index in [1.165, 1.54) is 71.8 Å². The number of hydrogen-bond donors (Lipinski definition) is 1. The molecule has 24 heavy (non-hydrogen) atoms. The van der Waals surface area contributed by atoms with E-state index in [0.29, 0.717) is 6.42 Å². The number of aliphatic hydroxyl groups excluding tert-OH is 1. The van der Waals surface area contributed by atoms with Gasteiger partial charge in [0.1, 0.15) is 6.10 Å². The summed E-state index contributed by atoms with van der Waals surface area (Å²) in [7, 11) is 1.26. The quantitative estimate of drug-likeness (QED) is 0.266. The molecule has 0 heterocycles. The maximum absolute atomic E-state index is 11.6. The van der Waals surface area contributed by atoms with Gasteiger partial charge in [-0.3, -0.25) is 4.79 Å². The minimum Gasteiger partial charge on any atom is -0.466 e. The number of allylic oxidation sites excluding steroid dienone is 1. The Kier molecular flexibility index (Phi) is 14.6. The molecule has 0 aromatic heterocycles. The Morgan fingerprint density at radius 2 is 1.38 bits per heavy atom. The molecule has 0 amide bonds. The number of Topliss-reactive ketones (excluding diaryl/α,β-unsaturated/α-hetero) is 1. The van der Waals surface area contributed by atoms with Crippen molar-refractivity contribution in [3.05, 3.63) is 11.6 Å². The van der Waals surface area contributed by atoms with E-state index in [2.05, 4.69) is 11.7 Å². The molecule has 4 nitrogen and oxygen atoms in total. The fourth-order valence-electron chi connectivity index (χ4n) is 2.71. The largest absolute Gasteiger partial charge is 0.466 e. The van der Waals surface area contributed by atoms with Crippen molar-refractivity contribution >= 4 is 11.8 Å². The zero-order valence-electron chi connectivity index (χ0n) is 15.8. The van der Waals surface area contributed by atoms with E-state index in [1.54, 1.807) is 6.08 Å². The molecular weight excluding hydrogens is 304 g/mol. The summed E-state index contributed by atoms with van der Waals surface area (Å²) in [5.41, 5.74) is 0.0667. The van der Waals surface area contributed by atoms with Gasteiger partial charge < -0.3 is 9.84 Å². The van der Waals surface area contributed by atoms with Crippen LogP contribution in [0.15, 0.2) is 11.6 Å². The van der Waals surface area contributed by atoms with Crippen molar-refractivity contribution in [2.24, 2.45) is 0 Å². The Morgan fingerprint density at radius 1 is 0.917 bits per heavy atom. The smallest absolute Gasteiger partial charge is 0.336 e. The first-order valence-corrected chi connectivity index (χ1v) is 9.51. The molecule has 0 spiro atoms. The molecule has 0 aliphatic rings. The lowest BCUT2D eigenvalue weighted by molar-refractivity contribution is -0.139. The average molecular weight is 341 g/mol. The molecule has 0 fully saturated rings. The van der Waals surface area contributed by atoms with Gasteiger partial charge in [-0.15, -0.1) is 0 Å². The Labute approximate surface area is 147 Å².